The molecule has 1 atom stereocenters. The molecule has 1 unspecified atom stereocenters. The summed E-state index contributed by atoms with van der Waals surface area (Å²) in [4.78, 5) is 30.8. The van der Waals surface area contributed by atoms with Crippen LogP contribution in [0.1, 0.15) is 37.2 Å². The van der Waals surface area contributed by atoms with Crippen LogP contribution in [0.4, 0.5) is 5.95 Å². The average molecular weight is 453 g/mol. The number of aryl methyl sites for hydroxylation is 1. The summed E-state index contributed by atoms with van der Waals surface area (Å²) in [7, 11) is 3.88. The van der Waals surface area contributed by atoms with E-state index in [-0.39, 0.29) is 11.8 Å². The number of nitrogens with zero attached hydrogens (tertiary/aromatic N) is 6. The maximum atomic E-state index is 13.1. The number of aromatic nitrogens is 4. The fraction of sp³-hybridized carbons (Fsp3) is 0.417. The van der Waals surface area contributed by atoms with E-state index in [1.807, 2.05) is 65.1 Å². The summed E-state index contributed by atoms with van der Waals surface area (Å²) in [5.74, 6) is 1.88. The van der Waals surface area contributed by atoms with Crippen molar-refractivity contribution in [1.29, 1.82) is 0 Å². The minimum absolute atomic E-state index is 0.123. The third kappa shape index (κ3) is 4.78. The molecule has 3 aromatic rings. The van der Waals surface area contributed by atoms with Crippen LogP contribution in [0.3, 0.4) is 0 Å². The molecule has 0 saturated carbocycles. The summed E-state index contributed by atoms with van der Waals surface area (Å²) in [6, 6.07) is 7.76. The van der Waals surface area contributed by atoms with Gasteiger partial charge in [-0.2, -0.15) is 0 Å². The van der Waals surface area contributed by atoms with Gasteiger partial charge in [0, 0.05) is 68.7 Å². The minimum atomic E-state index is 0.123. The zero-order valence-corrected chi connectivity index (χ0v) is 19.6. The van der Waals surface area contributed by atoms with Crippen molar-refractivity contribution in [2.45, 2.75) is 38.6 Å². The van der Waals surface area contributed by atoms with Crippen molar-refractivity contribution in [3.8, 4) is 11.1 Å². The van der Waals surface area contributed by atoms with Crippen molar-refractivity contribution in [2.75, 3.05) is 32.1 Å². The Morgan fingerprint density at radius 1 is 1.22 bits per heavy atom. The molecule has 1 aliphatic rings. The van der Waals surface area contributed by atoms with Gasteiger partial charge in [0.25, 0.3) is 0 Å². The van der Waals surface area contributed by atoms with E-state index in [0.717, 1.165) is 48.5 Å². The molecule has 2 aromatic heterocycles. The van der Waals surface area contributed by atoms with Gasteiger partial charge in [-0.15, -0.1) is 0 Å². The summed E-state index contributed by atoms with van der Waals surface area (Å²) in [5, 5.41) is 0.696. The molecule has 0 N–H and O–H groups in total. The zero-order valence-electron chi connectivity index (χ0n) is 18.8. The average Bonchev–Trinajstić information content (AvgIpc) is 3.26. The largest absolute Gasteiger partial charge is 0.347 e. The van der Waals surface area contributed by atoms with E-state index in [1.54, 1.807) is 6.20 Å². The van der Waals surface area contributed by atoms with E-state index >= 15 is 0 Å². The van der Waals surface area contributed by atoms with Crippen LogP contribution in [0, 0.1) is 0 Å². The van der Waals surface area contributed by atoms with Crippen molar-refractivity contribution in [3.05, 3.63) is 59.4 Å². The number of anilines is 1. The number of hydrogen-bond acceptors (Lipinski definition) is 5. The second-order valence-corrected chi connectivity index (χ2v) is 8.81. The summed E-state index contributed by atoms with van der Waals surface area (Å²) in [5.41, 5.74) is 3.01. The predicted octanol–water partition coefficient (Wildman–Crippen LogP) is 4.03. The Labute approximate surface area is 194 Å². The fourth-order valence-corrected chi connectivity index (χ4v) is 4.36. The molecule has 1 aliphatic heterocycles. The third-order valence-corrected chi connectivity index (χ3v) is 6.20. The lowest BCUT2D eigenvalue weighted by Gasteiger charge is -2.33. The highest BCUT2D eigenvalue weighted by Gasteiger charge is 2.28. The number of likely N-dealkylation sites (tertiary alicyclic amines) is 1. The zero-order chi connectivity index (χ0) is 22.7. The molecule has 0 radical (unpaired) electrons. The van der Waals surface area contributed by atoms with Gasteiger partial charge in [0.15, 0.2) is 0 Å². The lowest BCUT2D eigenvalue weighted by atomic mass is 9.90. The highest BCUT2D eigenvalue weighted by atomic mass is 35.5. The number of halogens is 1. The van der Waals surface area contributed by atoms with Crippen LogP contribution < -0.4 is 4.90 Å². The maximum absolute atomic E-state index is 13.1. The molecule has 0 aliphatic carbocycles. The highest BCUT2D eigenvalue weighted by molar-refractivity contribution is 6.30. The van der Waals surface area contributed by atoms with Gasteiger partial charge in [-0.25, -0.2) is 15.0 Å². The molecular weight excluding hydrogens is 424 g/mol. The first-order valence-electron chi connectivity index (χ1n) is 11.0. The van der Waals surface area contributed by atoms with Crippen LogP contribution in [0.5, 0.6) is 0 Å². The number of hydrogen-bond donors (Lipinski definition) is 0. The van der Waals surface area contributed by atoms with Crippen molar-refractivity contribution >= 4 is 23.5 Å². The van der Waals surface area contributed by atoms with Gasteiger partial charge in [-0.05, 0) is 30.5 Å². The predicted molar refractivity (Wildman–Crippen MR) is 127 cm³/mol. The lowest BCUT2D eigenvalue weighted by molar-refractivity contribution is -0.133. The second-order valence-electron chi connectivity index (χ2n) is 8.37. The van der Waals surface area contributed by atoms with Crippen LogP contribution in [-0.2, 0) is 17.8 Å². The maximum Gasteiger partial charge on any atom is 0.242 e. The van der Waals surface area contributed by atoms with Crippen molar-refractivity contribution in [2.24, 2.45) is 0 Å². The van der Waals surface area contributed by atoms with Gasteiger partial charge in [0.2, 0.25) is 11.9 Å². The van der Waals surface area contributed by atoms with Gasteiger partial charge < -0.3 is 14.4 Å². The molecule has 1 aromatic carbocycles. The molecular formula is C24H29ClN6O. The Morgan fingerprint density at radius 2 is 2.00 bits per heavy atom. The van der Waals surface area contributed by atoms with Crippen LogP contribution in [-0.4, -0.2) is 57.5 Å². The first-order valence-corrected chi connectivity index (χ1v) is 11.4. The summed E-state index contributed by atoms with van der Waals surface area (Å²) >= 11 is 6.10. The van der Waals surface area contributed by atoms with E-state index in [9.17, 15) is 4.79 Å². The van der Waals surface area contributed by atoms with Crippen molar-refractivity contribution in [3.63, 3.8) is 0 Å². The van der Waals surface area contributed by atoms with Crippen LogP contribution >= 0.6 is 11.6 Å². The van der Waals surface area contributed by atoms with Gasteiger partial charge in [-0.3, -0.25) is 4.79 Å². The molecule has 32 heavy (non-hydrogen) atoms. The Kier molecular flexibility index (Phi) is 6.74. The topological polar surface area (TPSA) is 67.2 Å². The number of imidazole rings is 1. The molecule has 0 bridgehead atoms. The van der Waals surface area contributed by atoms with E-state index in [4.69, 9.17) is 16.6 Å². The van der Waals surface area contributed by atoms with Crippen LogP contribution in [0.25, 0.3) is 11.1 Å². The molecule has 0 spiro atoms. The molecule has 1 saturated heterocycles. The Bertz CT molecular complexity index is 1080. The summed E-state index contributed by atoms with van der Waals surface area (Å²) < 4.78 is 1.94. The number of amides is 1. The molecule has 168 valence electrons. The number of piperidine rings is 1. The first-order chi connectivity index (χ1) is 15.5. The van der Waals surface area contributed by atoms with Crippen molar-refractivity contribution < 1.29 is 4.79 Å². The monoisotopic (exact) mass is 452 g/mol. The molecule has 8 heteroatoms. The Morgan fingerprint density at radius 3 is 2.72 bits per heavy atom. The Hall–Kier alpha value is -2.93. The number of carbonyl (C=O) groups is 1. The van der Waals surface area contributed by atoms with E-state index in [2.05, 4.69) is 16.9 Å². The van der Waals surface area contributed by atoms with E-state index in [0.29, 0.717) is 24.1 Å². The fourth-order valence-electron chi connectivity index (χ4n) is 4.23. The lowest BCUT2D eigenvalue weighted by Crippen LogP contribution is -2.41. The second kappa shape index (κ2) is 9.69. The van der Waals surface area contributed by atoms with Crippen molar-refractivity contribution in [1.82, 2.24) is 24.4 Å². The molecule has 1 fully saturated rings. The number of benzene rings is 1. The Balaban J connectivity index is 1.61. The minimum Gasteiger partial charge on any atom is -0.347 e. The number of carbonyl (C=O) groups excluding carboxylic acids is 1. The highest BCUT2D eigenvalue weighted by Crippen LogP contribution is 2.34. The van der Waals surface area contributed by atoms with Crippen LogP contribution in [0.15, 0.2) is 42.9 Å². The summed E-state index contributed by atoms with van der Waals surface area (Å²) in [6.07, 6.45) is 8.27. The molecule has 7 nitrogen and oxygen atoms in total. The smallest absolute Gasteiger partial charge is 0.242 e. The first kappa shape index (κ1) is 22.3. The van der Waals surface area contributed by atoms with E-state index < -0.39 is 0 Å². The SMILES string of the molecule is CCc1nccn1CC(=O)N1CCCC(c2nc(N(C)C)ncc2-c2ccc(Cl)cc2)C1. The molecule has 3 heterocycles. The third-order valence-electron chi connectivity index (χ3n) is 5.95. The standard InChI is InChI=1S/C24H29ClN6O/c1-4-21-26-11-13-30(21)16-22(32)31-12-5-6-18(15-31)23-20(14-27-24(28-23)29(2)3)17-7-9-19(25)10-8-17/h7-11,13-14,18H,4-6,12,15-16H2,1-3H3. The van der Waals surface area contributed by atoms with E-state index in [1.165, 1.54) is 0 Å². The molecule has 1 amide bonds. The van der Waals surface area contributed by atoms with Gasteiger partial charge in [0.1, 0.15) is 12.4 Å². The normalized spacial score (nSPS) is 16.2. The number of rotatable bonds is 6. The molecule has 4 rings (SSSR count). The van der Waals surface area contributed by atoms with Gasteiger partial charge >= 0.3 is 0 Å². The van der Waals surface area contributed by atoms with Gasteiger partial charge in [0.05, 0.1) is 5.69 Å². The quantitative estimate of drug-likeness (QED) is 0.565. The van der Waals surface area contributed by atoms with Crippen LogP contribution in [0.2, 0.25) is 5.02 Å². The van der Waals surface area contributed by atoms with Gasteiger partial charge in [-0.1, -0.05) is 30.7 Å². The summed E-state index contributed by atoms with van der Waals surface area (Å²) in [6.45, 7) is 3.80.